The molecule has 0 saturated carbocycles. The Kier molecular flexibility index (Phi) is 10.7. The molecular weight excluding hydrogens is 592 g/mol. The summed E-state index contributed by atoms with van der Waals surface area (Å²) in [7, 11) is -4.37. The van der Waals surface area contributed by atoms with Crippen molar-refractivity contribution in [3.63, 3.8) is 0 Å². The first kappa shape index (κ1) is 32.9. The number of hydrogen-bond acceptors (Lipinski definition) is 6. The molecule has 0 aliphatic carbocycles. The summed E-state index contributed by atoms with van der Waals surface area (Å²) in [5, 5.41) is 14.5. The summed E-state index contributed by atoms with van der Waals surface area (Å²) in [6.07, 6.45) is 0.180. The third kappa shape index (κ3) is 8.54. The molecule has 1 N–H and O–H groups in total. The highest BCUT2D eigenvalue weighted by molar-refractivity contribution is 7.92. The van der Waals surface area contributed by atoms with Gasteiger partial charge in [-0.25, -0.2) is 8.42 Å². The van der Waals surface area contributed by atoms with E-state index in [0.29, 0.717) is 0 Å². The molecule has 10 nitrogen and oxygen atoms in total. The molecule has 234 valence electrons. The van der Waals surface area contributed by atoms with Crippen LogP contribution in [0.4, 0.5) is 11.4 Å². The summed E-state index contributed by atoms with van der Waals surface area (Å²) in [5.74, 6) is -1.04. The second-order valence-corrected chi connectivity index (χ2v) is 12.8. The van der Waals surface area contributed by atoms with E-state index in [0.717, 1.165) is 27.1 Å². The molecule has 0 aliphatic rings. The number of non-ortho nitro benzene ring substituents is 1. The van der Waals surface area contributed by atoms with E-state index in [2.05, 4.69) is 5.32 Å². The van der Waals surface area contributed by atoms with Gasteiger partial charge in [0.1, 0.15) is 12.6 Å². The van der Waals surface area contributed by atoms with Crippen LogP contribution in [0.25, 0.3) is 0 Å². The Labute approximate surface area is 263 Å². The zero-order valence-electron chi connectivity index (χ0n) is 25.4. The van der Waals surface area contributed by atoms with Crippen molar-refractivity contribution in [2.75, 3.05) is 10.8 Å². The van der Waals surface area contributed by atoms with Crippen molar-refractivity contribution in [3.8, 4) is 0 Å². The third-order valence-electron chi connectivity index (χ3n) is 7.08. The van der Waals surface area contributed by atoms with E-state index in [-0.39, 0.29) is 41.2 Å². The monoisotopic (exact) mass is 628 g/mol. The topological polar surface area (TPSA) is 130 Å². The van der Waals surface area contributed by atoms with Crippen LogP contribution in [-0.2, 0) is 32.6 Å². The van der Waals surface area contributed by atoms with E-state index in [1.807, 2.05) is 75.4 Å². The van der Waals surface area contributed by atoms with Gasteiger partial charge < -0.3 is 10.2 Å². The number of aryl methyl sites for hydroxylation is 1. The first-order chi connectivity index (χ1) is 21.5. The summed E-state index contributed by atoms with van der Waals surface area (Å²) < 4.78 is 28.9. The van der Waals surface area contributed by atoms with Gasteiger partial charge in [0.15, 0.2) is 0 Å². The summed E-state index contributed by atoms with van der Waals surface area (Å²) in [6.45, 7) is 4.88. The van der Waals surface area contributed by atoms with Crippen LogP contribution in [0.1, 0.15) is 30.5 Å². The summed E-state index contributed by atoms with van der Waals surface area (Å²) in [6, 6.07) is 28.2. The fraction of sp³-hybridized carbons (Fsp3) is 0.235. The highest BCUT2D eigenvalue weighted by atomic mass is 32.2. The number of nitrogens with zero attached hydrogens (tertiary/aromatic N) is 3. The summed E-state index contributed by atoms with van der Waals surface area (Å²) in [5.41, 5.74) is 2.14. The molecule has 0 saturated heterocycles. The number of carbonyl (C=O) groups excluding carboxylic acids is 2. The van der Waals surface area contributed by atoms with Crippen molar-refractivity contribution in [3.05, 3.63) is 136 Å². The number of anilines is 1. The molecule has 0 unspecified atom stereocenters. The molecule has 4 aromatic rings. The van der Waals surface area contributed by atoms with Gasteiger partial charge in [-0.3, -0.25) is 24.0 Å². The van der Waals surface area contributed by atoms with Crippen molar-refractivity contribution in [1.82, 2.24) is 10.2 Å². The lowest BCUT2D eigenvalue weighted by atomic mass is 10.0. The van der Waals surface area contributed by atoms with Gasteiger partial charge in [-0.15, -0.1) is 0 Å². The molecule has 0 aromatic heterocycles. The van der Waals surface area contributed by atoms with Gasteiger partial charge in [0.25, 0.3) is 15.7 Å². The molecule has 4 aromatic carbocycles. The molecule has 45 heavy (non-hydrogen) atoms. The van der Waals surface area contributed by atoms with E-state index >= 15 is 0 Å². The van der Waals surface area contributed by atoms with Crippen LogP contribution in [0.3, 0.4) is 0 Å². The normalized spacial score (nSPS) is 11.9. The second kappa shape index (κ2) is 14.6. The highest BCUT2D eigenvalue weighted by Gasteiger charge is 2.35. The molecule has 2 amide bonds. The first-order valence-electron chi connectivity index (χ1n) is 14.5. The van der Waals surface area contributed by atoms with Crippen molar-refractivity contribution in [1.29, 1.82) is 0 Å². The molecule has 0 heterocycles. The van der Waals surface area contributed by atoms with Crippen molar-refractivity contribution in [2.24, 2.45) is 0 Å². The number of hydrogen-bond donors (Lipinski definition) is 1. The molecule has 0 fully saturated rings. The number of rotatable bonds is 13. The fourth-order valence-electron chi connectivity index (χ4n) is 4.95. The predicted octanol–water partition coefficient (Wildman–Crippen LogP) is 5.26. The lowest BCUT2D eigenvalue weighted by molar-refractivity contribution is -0.384. The molecule has 1 atom stereocenters. The SMILES string of the molecule is Cc1cccc(CN(C(=O)CN(c2cccc([N+](=O)[O-])c2)S(=O)(=O)c2ccccc2)[C@@H](Cc2ccccc2)C(=O)NC(C)C)c1. The van der Waals surface area contributed by atoms with Crippen LogP contribution < -0.4 is 9.62 Å². The van der Waals surface area contributed by atoms with Gasteiger partial charge in [-0.2, -0.15) is 0 Å². The standard InChI is InChI=1S/C34H36N4O6S/c1-25(2)35-34(40)32(21-27-13-6-4-7-14-27)36(23-28-15-10-12-26(3)20-28)33(39)24-37(29-16-11-17-30(22-29)38(41)42)45(43,44)31-18-8-5-9-19-31/h4-20,22,25,32H,21,23-24H2,1-3H3,(H,35,40)/t32-/m0/s1. The Bertz CT molecular complexity index is 1750. The van der Waals surface area contributed by atoms with Crippen LogP contribution in [-0.4, -0.2) is 48.7 Å². The van der Waals surface area contributed by atoms with Crippen molar-refractivity contribution < 1.29 is 22.9 Å². The maximum absolute atomic E-state index is 14.4. The number of sulfonamides is 1. The largest absolute Gasteiger partial charge is 0.352 e. The van der Waals surface area contributed by atoms with Gasteiger partial charge in [0.2, 0.25) is 11.8 Å². The number of nitrogens with one attached hydrogen (secondary N) is 1. The lowest BCUT2D eigenvalue weighted by Gasteiger charge is -2.34. The molecule has 11 heteroatoms. The fourth-order valence-corrected chi connectivity index (χ4v) is 6.38. The molecule has 0 bridgehead atoms. The van der Waals surface area contributed by atoms with Crippen LogP contribution in [0.5, 0.6) is 0 Å². The maximum Gasteiger partial charge on any atom is 0.271 e. The molecule has 4 rings (SSSR count). The van der Waals surface area contributed by atoms with Gasteiger partial charge >= 0.3 is 0 Å². The van der Waals surface area contributed by atoms with Crippen LogP contribution >= 0.6 is 0 Å². The predicted molar refractivity (Wildman–Crippen MR) is 173 cm³/mol. The Balaban J connectivity index is 1.83. The van der Waals surface area contributed by atoms with Gasteiger partial charge in [-0.1, -0.05) is 84.4 Å². The average molecular weight is 629 g/mol. The quantitative estimate of drug-likeness (QED) is 0.159. The minimum atomic E-state index is -4.37. The average Bonchev–Trinajstić information content (AvgIpc) is 3.02. The number of nitro groups is 1. The smallest absolute Gasteiger partial charge is 0.271 e. The highest BCUT2D eigenvalue weighted by Crippen LogP contribution is 2.28. The Morgan fingerprint density at radius 1 is 0.844 bits per heavy atom. The first-order valence-corrected chi connectivity index (χ1v) is 15.9. The zero-order chi connectivity index (χ0) is 32.6. The van der Waals surface area contributed by atoms with Crippen molar-refractivity contribution >= 4 is 33.2 Å². The van der Waals surface area contributed by atoms with Crippen molar-refractivity contribution in [2.45, 2.75) is 50.7 Å². The van der Waals surface area contributed by atoms with E-state index in [1.165, 1.54) is 35.2 Å². The van der Waals surface area contributed by atoms with E-state index in [4.69, 9.17) is 0 Å². The van der Waals surface area contributed by atoms with Crippen LogP contribution in [0, 0.1) is 17.0 Å². The minimum absolute atomic E-state index is 0.0255. The van der Waals surface area contributed by atoms with Gasteiger partial charge in [-0.05, 0) is 50.1 Å². The molecule has 0 radical (unpaired) electrons. The van der Waals surface area contributed by atoms with E-state index < -0.39 is 33.4 Å². The number of benzene rings is 4. The van der Waals surface area contributed by atoms with E-state index in [9.17, 15) is 28.1 Å². The third-order valence-corrected chi connectivity index (χ3v) is 8.86. The lowest BCUT2D eigenvalue weighted by Crippen LogP contribution is -2.54. The number of carbonyl (C=O) groups is 2. The summed E-state index contributed by atoms with van der Waals surface area (Å²) in [4.78, 5) is 40.5. The van der Waals surface area contributed by atoms with Gasteiger partial charge in [0.05, 0.1) is 15.5 Å². The van der Waals surface area contributed by atoms with E-state index in [1.54, 1.807) is 18.2 Å². The summed E-state index contributed by atoms with van der Waals surface area (Å²) >= 11 is 0. The maximum atomic E-state index is 14.4. The van der Waals surface area contributed by atoms with Crippen LogP contribution in [0.2, 0.25) is 0 Å². The van der Waals surface area contributed by atoms with Crippen LogP contribution in [0.15, 0.2) is 114 Å². The Hall–Kier alpha value is -5.03. The Morgan fingerprint density at radius 3 is 2.09 bits per heavy atom. The van der Waals surface area contributed by atoms with Gasteiger partial charge in [0, 0.05) is 31.1 Å². The Morgan fingerprint density at radius 2 is 1.47 bits per heavy atom. The number of nitro benzene ring substituents is 1. The second-order valence-electron chi connectivity index (χ2n) is 11.0. The zero-order valence-corrected chi connectivity index (χ0v) is 26.2. The minimum Gasteiger partial charge on any atom is -0.352 e. The molecular formula is C34H36N4O6S. The molecule has 0 aliphatic heterocycles. The number of amides is 2. The molecule has 0 spiro atoms.